The van der Waals surface area contributed by atoms with Gasteiger partial charge < -0.3 is 30.6 Å². The number of fused-ring (bicyclic) bond motifs is 1. The molecule has 5 N–H and O–H groups in total. The van der Waals surface area contributed by atoms with Gasteiger partial charge in [0.1, 0.15) is 30.4 Å². The van der Waals surface area contributed by atoms with E-state index in [1.807, 2.05) is 29.3 Å². The first kappa shape index (κ1) is 24.1. The van der Waals surface area contributed by atoms with Crippen LogP contribution >= 0.6 is 0 Å². The number of nitrogen functional groups attached to an aromatic ring is 1. The maximum absolute atomic E-state index is 11.8. The fourth-order valence-electron chi connectivity index (χ4n) is 6.10. The first-order chi connectivity index (χ1) is 18.0. The number of rotatable bonds is 8. The Hall–Kier alpha value is -3.21. The third-order valence-corrected chi connectivity index (χ3v) is 8.13. The number of aliphatic hydroxyl groups is 1. The van der Waals surface area contributed by atoms with Crippen LogP contribution in [0, 0.1) is 5.92 Å². The van der Waals surface area contributed by atoms with Crippen LogP contribution in [0.4, 0.5) is 5.69 Å². The highest BCUT2D eigenvalue weighted by molar-refractivity contribution is 5.94. The summed E-state index contributed by atoms with van der Waals surface area (Å²) < 4.78 is 14.0. The maximum Gasteiger partial charge on any atom is 0.237 e. The monoisotopic (exact) mass is 506 g/mol. The first-order valence-electron chi connectivity index (χ1n) is 13.1. The number of carbonyl (C=O) groups is 1. The average molecular weight is 507 g/mol. The molecule has 2 aliphatic heterocycles. The number of hydrogen-bond donors (Lipinski definition) is 3. The lowest BCUT2D eigenvalue weighted by molar-refractivity contribution is -0.125. The van der Waals surface area contributed by atoms with Crippen LogP contribution in [0.5, 0.6) is 5.75 Å². The van der Waals surface area contributed by atoms with Crippen molar-refractivity contribution >= 4 is 22.6 Å². The third kappa shape index (κ3) is 4.65. The summed E-state index contributed by atoms with van der Waals surface area (Å²) in [5.74, 6) is 0.654. The molecule has 0 radical (unpaired) electrons. The minimum Gasteiger partial charge on any atom is -0.489 e. The van der Waals surface area contributed by atoms with Gasteiger partial charge in [0.05, 0.1) is 17.9 Å². The lowest BCUT2D eigenvalue weighted by atomic mass is 9.79. The van der Waals surface area contributed by atoms with E-state index in [4.69, 9.17) is 20.9 Å². The second kappa shape index (κ2) is 9.92. The van der Waals surface area contributed by atoms with Crippen molar-refractivity contribution in [3.8, 4) is 16.9 Å². The SMILES string of the molecule is NC(=O)[C@@H]1[C@@H](O)CCN1CC1CC(n2cc(-c3ccc(N)c(OCC4CCCO4)c3)c3cncnc32)C1. The zero-order valence-corrected chi connectivity index (χ0v) is 20.8. The number of benzene rings is 1. The van der Waals surface area contributed by atoms with Gasteiger partial charge in [-0.1, -0.05) is 6.07 Å². The topological polar surface area (TPSA) is 142 Å². The molecule has 37 heavy (non-hydrogen) atoms. The van der Waals surface area contributed by atoms with Gasteiger partial charge in [-0.3, -0.25) is 9.69 Å². The predicted octanol–water partition coefficient (Wildman–Crippen LogP) is 2.11. The molecular formula is C27H34N6O4. The molecule has 0 spiro atoms. The molecule has 2 saturated heterocycles. The van der Waals surface area contributed by atoms with Crippen LogP contribution in [0.1, 0.15) is 38.1 Å². The Morgan fingerprint density at radius 1 is 1.27 bits per heavy atom. The molecule has 1 saturated carbocycles. The van der Waals surface area contributed by atoms with Gasteiger partial charge in [0, 0.05) is 49.1 Å². The number of nitrogens with zero attached hydrogens (tertiary/aromatic N) is 4. The molecule has 0 bridgehead atoms. The van der Waals surface area contributed by atoms with Crippen molar-refractivity contribution < 1.29 is 19.4 Å². The second-order valence-corrected chi connectivity index (χ2v) is 10.6. The van der Waals surface area contributed by atoms with Crippen LogP contribution in [0.25, 0.3) is 22.2 Å². The van der Waals surface area contributed by atoms with Crippen LogP contribution in [0.2, 0.25) is 0 Å². The van der Waals surface area contributed by atoms with Crippen LogP contribution in [0.3, 0.4) is 0 Å². The van der Waals surface area contributed by atoms with Crippen molar-refractivity contribution in [2.24, 2.45) is 11.7 Å². The number of aromatic nitrogens is 3. The standard InChI is InChI=1S/C27H34N6O4/c28-22-4-3-17(10-24(22)37-14-19-2-1-7-36-19)21-13-33(27-20(21)11-30-15-31-27)18-8-16(9-18)12-32-6-5-23(34)25(32)26(29)35/h3-4,10-11,13,15-16,18-19,23,25,34H,1-2,5-9,12,14,28H2,(H2,29,35)/t16?,18?,19?,23-,25-/m0/s1. The number of amides is 1. The van der Waals surface area contributed by atoms with Gasteiger partial charge in [0.15, 0.2) is 0 Å². The number of primary amides is 1. The Kier molecular flexibility index (Phi) is 6.48. The van der Waals surface area contributed by atoms with Crippen molar-refractivity contribution in [1.29, 1.82) is 0 Å². The number of ether oxygens (including phenoxy) is 2. The van der Waals surface area contributed by atoms with Crippen molar-refractivity contribution in [3.05, 3.63) is 36.9 Å². The van der Waals surface area contributed by atoms with Gasteiger partial charge in [0.2, 0.25) is 5.91 Å². The van der Waals surface area contributed by atoms with Crippen LogP contribution in [0.15, 0.2) is 36.9 Å². The fraction of sp³-hybridized carbons (Fsp3) is 0.519. The zero-order valence-electron chi connectivity index (χ0n) is 20.8. The van der Waals surface area contributed by atoms with E-state index in [0.29, 0.717) is 43.0 Å². The van der Waals surface area contributed by atoms with E-state index in [0.717, 1.165) is 61.0 Å². The summed E-state index contributed by atoms with van der Waals surface area (Å²) in [6.07, 6.45) is 9.66. The van der Waals surface area contributed by atoms with Crippen molar-refractivity contribution in [2.45, 2.75) is 56.4 Å². The molecule has 1 unspecified atom stereocenters. The molecule has 3 fully saturated rings. The lowest BCUT2D eigenvalue weighted by Gasteiger charge is -2.39. The summed E-state index contributed by atoms with van der Waals surface area (Å²) >= 11 is 0. The Bertz CT molecular complexity index is 1280. The summed E-state index contributed by atoms with van der Waals surface area (Å²) in [4.78, 5) is 22.8. The van der Waals surface area contributed by atoms with Crippen molar-refractivity contribution in [1.82, 2.24) is 19.4 Å². The number of anilines is 1. The summed E-state index contributed by atoms with van der Waals surface area (Å²) in [6.45, 7) is 2.75. The molecule has 4 heterocycles. The van der Waals surface area contributed by atoms with E-state index in [2.05, 4.69) is 20.7 Å². The molecule has 1 amide bonds. The minimum atomic E-state index is -0.666. The molecular weight excluding hydrogens is 472 g/mol. The molecule has 1 aromatic carbocycles. The van der Waals surface area contributed by atoms with E-state index < -0.39 is 18.1 Å². The van der Waals surface area contributed by atoms with Crippen molar-refractivity contribution in [3.63, 3.8) is 0 Å². The van der Waals surface area contributed by atoms with E-state index in [-0.39, 0.29) is 6.10 Å². The Morgan fingerprint density at radius 2 is 2.14 bits per heavy atom. The zero-order chi connectivity index (χ0) is 25.5. The first-order valence-corrected chi connectivity index (χ1v) is 13.1. The lowest BCUT2D eigenvalue weighted by Crippen LogP contribution is -2.48. The van der Waals surface area contributed by atoms with Gasteiger partial charge >= 0.3 is 0 Å². The Morgan fingerprint density at radius 3 is 2.92 bits per heavy atom. The smallest absolute Gasteiger partial charge is 0.237 e. The summed E-state index contributed by atoms with van der Waals surface area (Å²) in [6, 6.07) is 5.61. The number of likely N-dealkylation sites (tertiary alicyclic amines) is 1. The molecule has 10 nitrogen and oxygen atoms in total. The minimum absolute atomic E-state index is 0.118. The molecule has 6 rings (SSSR count). The summed E-state index contributed by atoms with van der Waals surface area (Å²) in [5, 5.41) is 11.1. The normalized spacial score (nSPS) is 28.0. The molecule has 10 heteroatoms. The van der Waals surface area contributed by atoms with Crippen molar-refractivity contribution in [2.75, 3.05) is 32.0 Å². The number of nitrogens with two attached hydrogens (primary N) is 2. The van der Waals surface area contributed by atoms with E-state index in [1.165, 1.54) is 0 Å². The van der Waals surface area contributed by atoms with Gasteiger partial charge in [-0.25, -0.2) is 9.97 Å². The molecule has 2 aromatic heterocycles. The quantitative estimate of drug-likeness (QED) is 0.395. The van der Waals surface area contributed by atoms with E-state index >= 15 is 0 Å². The molecule has 3 atom stereocenters. The number of carbonyl (C=O) groups excluding carboxylic acids is 1. The predicted molar refractivity (Wildman–Crippen MR) is 139 cm³/mol. The van der Waals surface area contributed by atoms with Gasteiger partial charge in [-0.05, 0) is 55.7 Å². The van der Waals surface area contributed by atoms with Gasteiger partial charge in [-0.15, -0.1) is 0 Å². The van der Waals surface area contributed by atoms with Crippen LogP contribution in [-0.2, 0) is 9.53 Å². The Labute approximate surface area is 215 Å². The highest BCUT2D eigenvalue weighted by Crippen LogP contribution is 2.43. The maximum atomic E-state index is 11.8. The highest BCUT2D eigenvalue weighted by atomic mass is 16.5. The fourth-order valence-corrected chi connectivity index (χ4v) is 6.10. The Balaban J connectivity index is 1.20. The van der Waals surface area contributed by atoms with Crippen LogP contribution < -0.4 is 16.2 Å². The highest BCUT2D eigenvalue weighted by Gasteiger charge is 2.41. The number of aliphatic hydroxyl groups excluding tert-OH is 1. The van der Waals surface area contributed by atoms with Gasteiger partial charge in [-0.2, -0.15) is 0 Å². The largest absolute Gasteiger partial charge is 0.489 e. The van der Waals surface area contributed by atoms with Crippen LogP contribution in [-0.4, -0.2) is 75.0 Å². The van der Waals surface area contributed by atoms with Gasteiger partial charge in [0.25, 0.3) is 0 Å². The molecule has 1 aliphatic carbocycles. The van der Waals surface area contributed by atoms with E-state index in [9.17, 15) is 9.90 Å². The summed E-state index contributed by atoms with van der Waals surface area (Å²) in [5.41, 5.74) is 15.3. The summed E-state index contributed by atoms with van der Waals surface area (Å²) in [7, 11) is 0. The average Bonchev–Trinajstić information content (AvgIpc) is 3.60. The van der Waals surface area contributed by atoms with E-state index in [1.54, 1.807) is 6.33 Å². The molecule has 3 aliphatic rings. The number of hydrogen-bond acceptors (Lipinski definition) is 8. The molecule has 196 valence electrons. The second-order valence-electron chi connectivity index (χ2n) is 10.6. The molecule has 3 aromatic rings. The third-order valence-electron chi connectivity index (χ3n) is 8.13.